The Morgan fingerprint density at radius 3 is 2.67 bits per heavy atom. The maximum atomic E-state index is 13.3. The Hall–Kier alpha value is -1.91. The van der Waals surface area contributed by atoms with Crippen LogP contribution >= 0.6 is 0 Å². The number of carbonyl (C=O) groups excluding carboxylic acids is 2. The van der Waals surface area contributed by atoms with Gasteiger partial charge in [0.2, 0.25) is 11.8 Å². The van der Waals surface area contributed by atoms with Gasteiger partial charge in [-0.1, -0.05) is 12.5 Å². The number of benzene rings is 1. The number of halogens is 1. The molecular formula is C16H19FN2O2. The summed E-state index contributed by atoms with van der Waals surface area (Å²) in [6.45, 7) is 2.69. The smallest absolute Gasteiger partial charge is 0.249 e. The van der Waals surface area contributed by atoms with E-state index in [0.717, 1.165) is 19.3 Å². The van der Waals surface area contributed by atoms with Gasteiger partial charge >= 0.3 is 0 Å². The zero-order chi connectivity index (χ0) is 15.0. The molecule has 0 unspecified atom stereocenters. The molecule has 2 aliphatic rings. The predicted molar refractivity (Wildman–Crippen MR) is 77.3 cm³/mol. The van der Waals surface area contributed by atoms with Gasteiger partial charge < -0.3 is 9.80 Å². The Morgan fingerprint density at radius 1 is 1.29 bits per heavy atom. The number of amides is 2. The third-order valence-corrected chi connectivity index (χ3v) is 4.51. The lowest BCUT2D eigenvalue weighted by molar-refractivity contribution is -0.146. The van der Waals surface area contributed by atoms with Crippen molar-refractivity contribution in [2.75, 3.05) is 18.0 Å². The summed E-state index contributed by atoms with van der Waals surface area (Å²) in [5.74, 6) is -0.303. The third-order valence-electron chi connectivity index (χ3n) is 4.51. The molecule has 1 saturated carbocycles. The summed E-state index contributed by atoms with van der Waals surface area (Å²) >= 11 is 0. The number of rotatable bonds is 2. The Bertz CT molecular complexity index is 571. The van der Waals surface area contributed by atoms with E-state index in [0.29, 0.717) is 18.8 Å². The number of hydrogen-bond donors (Lipinski definition) is 0. The van der Waals surface area contributed by atoms with Crippen LogP contribution in [-0.4, -0.2) is 35.8 Å². The molecule has 4 nitrogen and oxygen atoms in total. The summed E-state index contributed by atoms with van der Waals surface area (Å²) in [5.41, 5.74) is 0.558. The maximum Gasteiger partial charge on any atom is 0.249 e. The van der Waals surface area contributed by atoms with E-state index in [1.165, 1.54) is 12.1 Å². The molecular weight excluding hydrogens is 271 g/mol. The van der Waals surface area contributed by atoms with Gasteiger partial charge in [0, 0.05) is 24.7 Å². The molecule has 1 atom stereocenters. The fourth-order valence-electron chi connectivity index (χ4n) is 2.96. The average molecular weight is 290 g/mol. The second kappa shape index (κ2) is 5.47. The predicted octanol–water partition coefficient (Wildman–Crippen LogP) is 2.19. The van der Waals surface area contributed by atoms with Crippen molar-refractivity contribution < 1.29 is 14.0 Å². The molecule has 0 bridgehead atoms. The topological polar surface area (TPSA) is 40.6 Å². The summed E-state index contributed by atoms with van der Waals surface area (Å²) < 4.78 is 13.3. The summed E-state index contributed by atoms with van der Waals surface area (Å²) in [7, 11) is 0. The van der Waals surface area contributed by atoms with E-state index in [9.17, 15) is 14.0 Å². The van der Waals surface area contributed by atoms with E-state index in [2.05, 4.69) is 0 Å². The Balaban J connectivity index is 1.75. The molecule has 1 aliphatic heterocycles. The molecule has 1 aromatic rings. The SMILES string of the molecule is C[C@H]1C(=O)N(c2cccc(F)c2)CCN1C(=O)C1CCC1. The van der Waals surface area contributed by atoms with Crippen LogP contribution in [0.1, 0.15) is 26.2 Å². The molecule has 1 aliphatic carbocycles. The highest BCUT2D eigenvalue weighted by molar-refractivity contribution is 6.00. The molecule has 0 aromatic heterocycles. The first-order valence-corrected chi connectivity index (χ1v) is 7.45. The highest BCUT2D eigenvalue weighted by Crippen LogP contribution is 2.30. The molecule has 2 fully saturated rings. The van der Waals surface area contributed by atoms with E-state index in [1.54, 1.807) is 28.9 Å². The van der Waals surface area contributed by atoms with Crippen LogP contribution in [0.2, 0.25) is 0 Å². The van der Waals surface area contributed by atoms with Gasteiger partial charge in [-0.2, -0.15) is 0 Å². The molecule has 21 heavy (non-hydrogen) atoms. The number of hydrogen-bond acceptors (Lipinski definition) is 2. The first-order chi connectivity index (χ1) is 10.1. The first-order valence-electron chi connectivity index (χ1n) is 7.45. The van der Waals surface area contributed by atoms with Crippen molar-refractivity contribution in [3.8, 4) is 0 Å². The van der Waals surface area contributed by atoms with Crippen LogP contribution in [0.3, 0.4) is 0 Å². The van der Waals surface area contributed by atoms with Crippen LogP contribution < -0.4 is 4.90 Å². The molecule has 0 N–H and O–H groups in total. The van der Waals surface area contributed by atoms with E-state index < -0.39 is 6.04 Å². The lowest BCUT2D eigenvalue weighted by Crippen LogP contribution is -2.59. The van der Waals surface area contributed by atoms with Gasteiger partial charge in [0.1, 0.15) is 11.9 Å². The minimum absolute atomic E-state index is 0.0981. The molecule has 1 saturated heterocycles. The van der Waals surface area contributed by atoms with Crippen LogP contribution in [0, 0.1) is 11.7 Å². The highest BCUT2D eigenvalue weighted by Gasteiger charge is 2.38. The van der Waals surface area contributed by atoms with Gasteiger partial charge in [0.15, 0.2) is 0 Å². The van der Waals surface area contributed by atoms with Crippen molar-refractivity contribution in [3.05, 3.63) is 30.1 Å². The van der Waals surface area contributed by atoms with Crippen LogP contribution in [0.4, 0.5) is 10.1 Å². The molecule has 3 rings (SSSR count). The zero-order valence-corrected chi connectivity index (χ0v) is 12.1. The van der Waals surface area contributed by atoms with Gasteiger partial charge in [-0.3, -0.25) is 9.59 Å². The molecule has 0 radical (unpaired) electrons. The number of carbonyl (C=O) groups is 2. The van der Waals surface area contributed by atoms with E-state index >= 15 is 0 Å². The normalized spacial score (nSPS) is 23.1. The minimum atomic E-state index is -0.477. The average Bonchev–Trinajstić information content (AvgIpc) is 2.39. The molecule has 5 heteroatoms. The Kier molecular flexibility index (Phi) is 3.66. The van der Waals surface area contributed by atoms with Crippen molar-refractivity contribution in [2.24, 2.45) is 5.92 Å². The van der Waals surface area contributed by atoms with Crippen LogP contribution in [0.5, 0.6) is 0 Å². The zero-order valence-electron chi connectivity index (χ0n) is 12.1. The first kappa shape index (κ1) is 14.0. The molecule has 112 valence electrons. The Labute approximate surface area is 123 Å². The van der Waals surface area contributed by atoms with Crippen molar-refractivity contribution in [3.63, 3.8) is 0 Å². The molecule has 1 heterocycles. The number of piperazine rings is 1. The van der Waals surface area contributed by atoms with Crippen molar-refractivity contribution in [1.82, 2.24) is 4.90 Å². The van der Waals surface area contributed by atoms with Crippen molar-refractivity contribution >= 4 is 17.5 Å². The van der Waals surface area contributed by atoms with Gasteiger partial charge in [-0.25, -0.2) is 4.39 Å². The summed E-state index contributed by atoms with van der Waals surface area (Å²) in [6.07, 6.45) is 2.97. The van der Waals surface area contributed by atoms with E-state index in [-0.39, 0.29) is 23.5 Å². The fourth-order valence-corrected chi connectivity index (χ4v) is 2.96. The van der Waals surface area contributed by atoms with Crippen LogP contribution in [-0.2, 0) is 9.59 Å². The summed E-state index contributed by atoms with van der Waals surface area (Å²) in [5, 5.41) is 0. The highest BCUT2D eigenvalue weighted by atomic mass is 19.1. The quantitative estimate of drug-likeness (QED) is 0.837. The Morgan fingerprint density at radius 2 is 2.05 bits per heavy atom. The van der Waals surface area contributed by atoms with Gasteiger partial charge in [-0.15, -0.1) is 0 Å². The monoisotopic (exact) mass is 290 g/mol. The third kappa shape index (κ3) is 2.52. The van der Waals surface area contributed by atoms with Gasteiger partial charge in [0.25, 0.3) is 0 Å². The maximum absolute atomic E-state index is 13.3. The standard InChI is InChI=1S/C16H19FN2O2/c1-11-15(20)19(14-7-3-6-13(17)10-14)9-8-18(11)16(21)12-4-2-5-12/h3,6-7,10-12H,2,4-5,8-9H2,1H3/t11-/m0/s1. The van der Waals surface area contributed by atoms with E-state index in [1.807, 2.05) is 0 Å². The number of anilines is 1. The van der Waals surface area contributed by atoms with Crippen LogP contribution in [0.25, 0.3) is 0 Å². The molecule has 1 aromatic carbocycles. The van der Waals surface area contributed by atoms with Gasteiger partial charge in [0.05, 0.1) is 0 Å². The second-order valence-corrected chi connectivity index (χ2v) is 5.81. The lowest BCUT2D eigenvalue weighted by atomic mass is 9.84. The summed E-state index contributed by atoms with van der Waals surface area (Å²) in [4.78, 5) is 28.1. The fraction of sp³-hybridized carbons (Fsp3) is 0.500. The lowest BCUT2D eigenvalue weighted by Gasteiger charge is -2.41. The largest absolute Gasteiger partial charge is 0.329 e. The molecule has 0 spiro atoms. The minimum Gasteiger partial charge on any atom is -0.329 e. The second-order valence-electron chi connectivity index (χ2n) is 5.81. The van der Waals surface area contributed by atoms with Crippen molar-refractivity contribution in [1.29, 1.82) is 0 Å². The van der Waals surface area contributed by atoms with Crippen LogP contribution in [0.15, 0.2) is 24.3 Å². The molecule has 2 amide bonds. The number of nitrogens with zero attached hydrogens (tertiary/aromatic N) is 2. The van der Waals surface area contributed by atoms with Gasteiger partial charge in [-0.05, 0) is 38.0 Å². The van der Waals surface area contributed by atoms with E-state index in [4.69, 9.17) is 0 Å². The van der Waals surface area contributed by atoms with Crippen molar-refractivity contribution in [2.45, 2.75) is 32.2 Å². The summed E-state index contributed by atoms with van der Waals surface area (Å²) in [6, 6.07) is 5.54.